The van der Waals surface area contributed by atoms with Gasteiger partial charge in [-0.1, -0.05) is 11.6 Å². The van der Waals surface area contributed by atoms with Crippen molar-refractivity contribution in [2.75, 3.05) is 7.05 Å². The molecule has 1 N–H and O–H groups in total. The Balaban J connectivity index is 1.99. The Morgan fingerprint density at radius 3 is 2.32 bits per heavy atom. The second kappa shape index (κ2) is 6.02. The van der Waals surface area contributed by atoms with Crippen LogP contribution in [0.2, 0.25) is 4.34 Å². The van der Waals surface area contributed by atoms with Gasteiger partial charge < -0.3 is 5.32 Å². The molecule has 1 aromatic heterocycles. The van der Waals surface area contributed by atoms with E-state index in [1.165, 1.54) is 11.3 Å². The fourth-order valence-corrected chi connectivity index (χ4v) is 4.15. The van der Waals surface area contributed by atoms with E-state index in [0.29, 0.717) is 12.8 Å². The molecule has 1 heterocycles. The summed E-state index contributed by atoms with van der Waals surface area (Å²) in [5.74, 6) is -0.855. The molecule has 0 radical (unpaired) electrons. The highest BCUT2D eigenvalue weighted by atomic mass is 35.5. The van der Waals surface area contributed by atoms with Crippen molar-refractivity contribution in [1.82, 2.24) is 5.32 Å². The minimum absolute atomic E-state index is 0.117. The Morgan fingerprint density at radius 2 is 1.89 bits per heavy atom. The topological polar surface area (TPSA) is 12.0 Å². The van der Waals surface area contributed by atoms with E-state index in [0.717, 1.165) is 9.21 Å². The average molecular weight is 312 g/mol. The summed E-state index contributed by atoms with van der Waals surface area (Å²) in [6.45, 7) is 0. The number of thiophene rings is 1. The van der Waals surface area contributed by atoms with Gasteiger partial charge in [-0.2, -0.15) is 13.2 Å². The molecular weight excluding hydrogens is 295 g/mol. The number of nitrogens with one attached hydrogen (secondary N) is 1. The number of alkyl halides is 3. The molecule has 0 aromatic carbocycles. The van der Waals surface area contributed by atoms with Gasteiger partial charge >= 0.3 is 6.18 Å². The minimum atomic E-state index is -4.04. The Labute approximate surface area is 120 Å². The predicted molar refractivity (Wildman–Crippen MR) is 72.6 cm³/mol. The molecule has 6 heteroatoms. The Kier molecular flexibility index (Phi) is 4.79. The van der Waals surface area contributed by atoms with Crippen LogP contribution in [0.3, 0.4) is 0 Å². The highest BCUT2D eigenvalue weighted by Gasteiger charge is 2.42. The third-order valence-corrected chi connectivity index (χ3v) is 5.23. The molecule has 1 aliphatic carbocycles. The molecule has 108 valence electrons. The van der Waals surface area contributed by atoms with Gasteiger partial charge in [-0.05, 0) is 50.8 Å². The van der Waals surface area contributed by atoms with Crippen molar-refractivity contribution >= 4 is 22.9 Å². The third kappa shape index (κ3) is 3.64. The van der Waals surface area contributed by atoms with E-state index in [2.05, 4.69) is 5.32 Å². The van der Waals surface area contributed by atoms with Crippen LogP contribution in [0.5, 0.6) is 0 Å². The zero-order valence-corrected chi connectivity index (χ0v) is 12.2. The fraction of sp³-hybridized carbons (Fsp3) is 0.692. The molecule has 19 heavy (non-hydrogen) atoms. The first-order valence-corrected chi connectivity index (χ1v) is 7.60. The number of hydrogen-bond donors (Lipinski definition) is 1. The summed E-state index contributed by atoms with van der Waals surface area (Å²) < 4.78 is 38.7. The Hall–Kier alpha value is -0.260. The zero-order valence-electron chi connectivity index (χ0n) is 10.6. The van der Waals surface area contributed by atoms with Gasteiger partial charge in [0, 0.05) is 10.9 Å². The molecule has 0 spiro atoms. The molecule has 1 aliphatic rings. The average Bonchev–Trinajstić information content (AvgIpc) is 2.76. The molecule has 1 aromatic rings. The van der Waals surface area contributed by atoms with Crippen LogP contribution in [0.4, 0.5) is 13.2 Å². The van der Waals surface area contributed by atoms with Crippen LogP contribution in [-0.2, 0) is 0 Å². The zero-order chi connectivity index (χ0) is 14.0. The van der Waals surface area contributed by atoms with Crippen LogP contribution < -0.4 is 5.32 Å². The quantitative estimate of drug-likeness (QED) is 0.825. The molecule has 1 fully saturated rings. The summed E-state index contributed by atoms with van der Waals surface area (Å²) in [7, 11) is 1.86. The Morgan fingerprint density at radius 1 is 1.26 bits per heavy atom. The van der Waals surface area contributed by atoms with E-state index in [4.69, 9.17) is 11.6 Å². The third-order valence-electron chi connectivity index (χ3n) is 3.92. The number of halogens is 4. The van der Waals surface area contributed by atoms with Gasteiger partial charge in [0.05, 0.1) is 10.3 Å². The van der Waals surface area contributed by atoms with Crippen LogP contribution in [0, 0.1) is 11.8 Å². The maximum Gasteiger partial charge on any atom is 0.391 e. The van der Waals surface area contributed by atoms with Crippen LogP contribution in [-0.4, -0.2) is 13.2 Å². The summed E-state index contributed by atoms with van der Waals surface area (Å²) in [5, 5.41) is 3.23. The second-order valence-corrected chi connectivity index (χ2v) is 6.81. The van der Waals surface area contributed by atoms with E-state index >= 15 is 0 Å². The van der Waals surface area contributed by atoms with Gasteiger partial charge in [0.25, 0.3) is 0 Å². The molecule has 0 saturated heterocycles. The van der Waals surface area contributed by atoms with E-state index in [-0.39, 0.29) is 24.8 Å². The van der Waals surface area contributed by atoms with Crippen molar-refractivity contribution in [2.45, 2.75) is 37.9 Å². The van der Waals surface area contributed by atoms with Crippen molar-refractivity contribution in [2.24, 2.45) is 11.8 Å². The molecule has 2 rings (SSSR count). The summed E-state index contributed by atoms with van der Waals surface area (Å²) in [6, 6.07) is 3.92. The first kappa shape index (κ1) is 15.1. The fourth-order valence-electron chi connectivity index (χ4n) is 2.89. The van der Waals surface area contributed by atoms with Gasteiger partial charge in [-0.3, -0.25) is 0 Å². The molecule has 1 unspecified atom stereocenters. The summed E-state index contributed by atoms with van der Waals surface area (Å²) in [4.78, 5) is 1.11. The first-order chi connectivity index (χ1) is 8.91. The van der Waals surface area contributed by atoms with Crippen molar-refractivity contribution in [3.05, 3.63) is 21.3 Å². The molecule has 0 bridgehead atoms. The molecule has 0 aliphatic heterocycles. The van der Waals surface area contributed by atoms with E-state index in [9.17, 15) is 13.2 Å². The van der Waals surface area contributed by atoms with Crippen LogP contribution >= 0.6 is 22.9 Å². The summed E-state index contributed by atoms with van der Waals surface area (Å²) >= 11 is 7.43. The lowest BCUT2D eigenvalue weighted by Crippen LogP contribution is -2.32. The smallest absolute Gasteiger partial charge is 0.312 e. The molecule has 1 nitrogen and oxygen atoms in total. The summed E-state index contributed by atoms with van der Waals surface area (Å²) in [5.41, 5.74) is 0. The van der Waals surface area contributed by atoms with Gasteiger partial charge in [0.1, 0.15) is 0 Å². The molecule has 0 amide bonds. The lowest BCUT2D eigenvalue weighted by molar-refractivity contribution is -0.184. The van der Waals surface area contributed by atoms with Gasteiger partial charge in [0.15, 0.2) is 0 Å². The second-order valence-electron chi connectivity index (χ2n) is 5.06. The van der Waals surface area contributed by atoms with Gasteiger partial charge in [-0.15, -0.1) is 11.3 Å². The van der Waals surface area contributed by atoms with Crippen molar-refractivity contribution in [1.29, 1.82) is 0 Å². The molecule has 1 saturated carbocycles. The monoisotopic (exact) mass is 311 g/mol. The van der Waals surface area contributed by atoms with Crippen molar-refractivity contribution in [3.8, 4) is 0 Å². The highest BCUT2D eigenvalue weighted by molar-refractivity contribution is 7.16. The van der Waals surface area contributed by atoms with Crippen LogP contribution in [0.1, 0.15) is 36.6 Å². The minimum Gasteiger partial charge on any atom is -0.312 e. The largest absolute Gasteiger partial charge is 0.391 e. The maximum atomic E-state index is 12.6. The first-order valence-electron chi connectivity index (χ1n) is 6.41. The summed E-state index contributed by atoms with van der Waals surface area (Å²) in [6.07, 6.45) is -2.32. The lowest BCUT2D eigenvalue weighted by atomic mass is 9.78. The van der Waals surface area contributed by atoms with Gasteiger partial charge in [-0.25, -0.2) is 0 Å². The van der Waals surface area contributed by atoms with Crippen molar-refractivity contribution < 1.29 is 13.2 Å². The maximum absolute atomic E-state index is 12.6. The van der Waals surface area contributed by atoms with E-state index in [1.807, 2.05) is 19.2 Å². The normalized spacial score (nSPS) is 26.4. The highest BCUT2D eigenvalue weighted by Crippen LogP contribution is 2.44. The number of hydrogen-bond acceptors (Lipinski definition) is 2. The van der Waals surface area contributed by atoms with Crippen LogP contribution in [0.25, 0.3) is 0 Å². The molecular formula is C13H17ClF3NS. The Bertz CT molecular complexity index is 410. The lowest BCUT2D eigenvalue weighted by Gasteiger charge is -2.34. The number of rotatable bonds is 3. The van der Waals surface area contributed by atoms with E-state index in [1.54, 1.807) is 0 Å². The van der Waals surface area contributed by atoms with Gasteiger partial charge in [0.2, 0.25) is 0 Å². The SMILES string of the molecule is CNC(c1ccc(Cl)s1)C1CCC(C(F)(F)F)CC1. The molecule has 1 atom stereocenters. The van der Waals surface area contributed by atoms with Crippen LogP contribution in [0.15, 0.2) is 12.1 Å². The predicted octanol–water partition coefficient (Wildman–Crippen LogP) is 5.03. The van der Waals surface area contributed by atoms with E-state index < -0.39 is 12.1 Å². The standard InChI is InChI=1S/C13H17ClF3NS/c1-18-12(10-6-7-11(14)19-10)8-2-4-9(5-3-8)13(15,16)17/h6-9,12,18H,2-5H2,1H3. The van der Waals surface area contributed by atoms with Crippen molar-refractivity contribution in [3.63, 3.8) is 0 Å².